The minimum Gasteiger partial charge on any atom is -0.493 e. The number of sulfonamides is 1. The van der Waals surface area contributed by atoms with Crippen molar-refractivity contribution in [2.75, 3.05) is 19.7 Å². The molecule has 3 rings (SSSR count). The number of primary sulfonamides is 1. The summed E-state index contributed by atoms with van der Waals surface area (Å²) in [5, 5.41) is 4.54. The zero-order chi connectivity index (χ0) is 15.0. The van der Waals surface area contributed by atoms with Gasteiger partial charge in [0, 0.05) is 25.1 Å². The summed E-state index contributed by atoms with van der Waals surface area (Å²) in [4.78, 5) is 14.1. The van der Waals surface area contributed by atoms with Gasteiger partial charge in [0.1, 0.15) is 5.75 Å². The molecule has 1 amide bonds. The van der Waals surface area contributed by atoms with Gasteiger partial charge in [0.15, 0.2) is 0 Å². The minimum absolute atomic E-state index is 0.141. The smallest absolute Gasteiger partial charge is 0.253 e. The highest BCUT2D eigenvalue weighted by Crippen LogP contribution is 2.27. The molecule has 7 heteroatoms. The van der Waals surface area contributed by atoms with Crippen LogP contribution in [0.1, 0.15) is 28.8 Å². The predicted octanol–water partition coefficient (Wildman–Crippen LogP) is 0.515. The minimum atomic E-state index is -3.60. The highest BCUT2D eigenvalue weighted by Gasteiger charge is 2.31. The first-order chi connectivity index (χ1) is 9.95. The monoisotopic (exact) mass is 310 g/mol. The fourth-order valence-electron chi connectivity index (χ4n) is 2.89. The Bertz CT molecular complexity index is 672. The summed E-state index contributed by atoms with van der Waals surface area (Å²) >= 11 is 0. The molecule has 0 bridgehead atoms. The van der Waals surface area contributed by atoms with E-state index < -0.39 is 15.3 Å². The zero-order valence-electron chi connectivity index (χ0n) is 11.6. The Labute approximate surface area is 123 Å². The third-order valence-corrected chi connectivity index (χ3v) is 5.38. The number of nitrogens with zero attached hydrogens (tertiary/aromatic N) is 1. The Kier molecular flexibility index (Phi) is 3.62. The standard InChI is InChI=1S/C14H18N2O4S/c15-21(18,19)12-2-1-6-16(9-12)14(17)11-3-4-13-10(8-11)5-7-20-13/h3-4,8,12H,1-2,5-7,9H2,(H2,15,18,19). The van der Waals surface area contributed by atoms with Crippen LogP contribution in [0.2, 0.25) is 0 Å². The Morgan fingerprint density at radius 3 is 2.95 bits per heavy atom. The van der Waals surface area contributed by atoms with Crippen LogP contribution in [0.3, 0.4) is 0 Å². The first-order valence-corrected chi connectivity index (χ1v) is 8.63. The summed E-state index contributed by atoms with van der Waals surface area (Å²) in [6.07, 6.45) is 1.97. The fourth-order valence-corrected chi connectivity index (χ4v) is 3.78. The molecule has 2 aliphatic rings. The summed E-state index contributed by atoms with van der Waals surface area (Å²) in [6.45, 7) is 1.38. The van der Waals surface area contributed by atoms with Crippen molar-refractivity contribution in [2.45, 2.75) is 24.5 Å². The normalized spacial score (nSPS) is 21.8. The Balaban J connectivity index is 1.79. The van der Waals surface area contributed by atoms with Crippen LogP contribution in [0, 0.1) is 0 Å². The molecule has 0 aliphatic carbocycles. The third kappa shape index (κ3) is 2.89. The van der Waals surface area contributed by atoms with Crippen molar-refractivity contribution in [3.8, 4) is 5.75 Å². The summed E-state index contributed by atoms with van der Waals surface area (Å²) in [5.41, 5.74) is 1.61. The van der Waals surface area contributed by atoms with E-state index in [-0.39, 0.29) is 12.5 Å². The maximum absolute atomic E-state index is 12.5. The van der Waals surface area contributed by atoms with E-state index in [1.54, 1.807) is 17.0 Å². The van der Waals surface area contributed by atoms with Gasteiger partial charge in [-0.05, 0) is 36.6 Å². The van der Waals surface area contributed by atoms with Crippen molar-refractivity contribution in [3.05, 3.63) is 29.3 Å². The number of amides is 1. The number of carbonyl (C=O) groups is 1. The lowest BCUT2D eigenvalue weighted by Crippen LogP contribution is -2.47. The van der Waals surface area contributed by atoms with Crippen LogP contribution in [0.25, 0.3) is 0 Å². The number of ether oxygens (including phenoxy) is 1. The van der Waals surface area contributed by atoms with Gasteiger partial charge in [-0.15, -0.1) is 0 Å². The van der Waals surface area contributed by atoms with Crippen molar-refractivity contribution in [2.24, 2.45) is 5.14 Å². The molecule has 0 aromatic heterocycles. The molecule has 0 radical (unpaired) electrons. The number of carbonyl (C=O) groups excluding carboxylic acids is 1. The topological polar surface area (TPSA) is 89.7 Å². The molecule has 1 atom stereocenters. The van der Waals surface area contributed by atoms with Crippen molar-refractivity contribution in [1.82, 2.24) is 4.90 Å². The molecule has 6 nitrogen and oxygen atoms in total. The van der Waals surface area contributed by atoms with E-state index in [0.29, 0.717) is 31.6 Å². The summed E-state index contributed by atoms with van der Waals surface area (Å²) < 4.78 is 28.4. The van der Waals surface area contributed by atoms with E-state index in [9.17, 15) is 13.2 Å². The number of fused-ring (bicyclic) bond motifs is 1. The average Bonchev–Trinajstić information content (AvgIpc) is 2.93. The largest absolute Gasteiger partial charge is 0.493 e. The molecule has 21 heavy (non-hydrogen) atoms. The van der Waals surface area contributed by atoms with Crippen LogP contribution in [0.5, 0.6) is 5.75 Å². The number of nitrogens with two attached hydrogens (primary N) is 1. The molecule has 1 saturated heterocycles. The summed E-state index contributed by atoms with van der Waals surface area (Å²) in [5.74, 6) is 0.686. The van der Waals surface area contributed by atoms with Crippen molar-refractivity contribution in [1.29, 1.82) is 0 Å². The van der Waals surface area contributed by atoms with Gasteiger partial charge < -0.3 is 9.64 Å². The van der Waals surface area contributed by atoms with E-state index in [2.05, 4.69) is 0 Å². The highest BCUT2D eigenvalue weighted by atomic mass is 32.2. The van der Waals surface area contributed by atoms with Gasteiger partial charge in [-0.3, -0.25) is 4.79 Å². The molecule has 2 heterocycles. The summed E-state index contributed by atoms with van der Waals surface area (Å²) in [6, 6.07) is 5.37. The van der Waals surface area contributed by atoms with E-state index in [0.717, 1.165) is 17.7 Å². The van der Waals surface area contributed by atoms with Crippen LogP contribution < -0.4 is 9.88 Å². The maximum atomic E-state index is 12.5. The molecular weight excluding hydrogens is 292 g/mol. The number of benzene rings is 1. The van der Waals surface area contributed by atoms with Crippen molar-refractivity contribution in [3.63, 3.8) is 0 Å². The first kappa shape index (κ1) is 14.3. The molecule has 1 fully saturated rings. The van der Waals surface area contributed by atoms with E-state index >= 15 is 0 Å². The number of likely N-dealkylation sites (tertiary alicyclic amines) is 1. The van der Waals surface area contributed by atoms with Crippen LogP contribution in [0.4, 0.5) is 0 Å². The van der Waals surface area contributed by atoms with Crippen LogP contribution >= 0.6 is 0 Å². The molecule has 0 spiro atoms. The Hall–Kier alpha value is -1.60. The quantitative estimate of drug-likeness (QED) is 0.862. The second kappa shape index (κ2) is 5.31. The maximum Gasteiger partial charge on any atom is 0.253 e. The highest BCUT2D eigenvalue weighted by molar-refractivity contribution is 7.89. The molecule has 2 aliphatic heterocycles. The molecule has 2 N–H and O–H groups in total. The van der Waals surface area contributed by atoms with Gasteiger partial charge in [0.05, 0.1) is 11.9 Å². The molecule has 1 aromatic carbocycles. The number of piperidine rings is 1. The predicted molar refractivity (Wildman–Crippen MR) is 77.7 cm³/mol. The number of rotatable bonds is 2. The first-order valence-electron chi connectivity index (χ1n) is 7.02. The fraction of sp³-hybridized carbons (Fsp3) is 0.500. The van der Waals surface area contributed by atoms with Crippen LogP contribution in [-0.4, -0.2) is 44.2 Å². The molecule has 114 valence electrons. The van der Waals surface area contributed by atoms with Crippen LogP contribution in [-0.2, 0) is 16.4 Å². The summed E-state index contributed by atoms with van der Waals surface area (Å²) in [7, 11) is -3.60. The molecular formula is C14H18N2O4S. The lowest BCUT2D eigenvalue weighted by Gasteiger charge is -2.31. The number of hydrogen-bond donors (Lipinski definition) is 1. The molecule has 0 saturated carbocycles. The van der Waals surface area contributed by atoms with Gasteiger partial charge in [0.2, 0.25) is 10.0 Å². The number of hydrogen-bond acceptors (Lipinski definition) is 4. The van der Waals surface area contributed by atoms with Gasteiger partial charge in [-0.2, -0.15) is 0 Å². The van der Waals surface area contributed by atoms with Gasteiger partial charge in [-0.25, -0.2) is 13.6 Å². The third-order valence-electron chi connectivity index (χ3n) is 4.07. The van der Waals surface area contributed by atoms with E-state index in [1.165, 1.54) is 0 Å². The van der Waals surface area contributed by atoms with E-state index in [1.807, 2.05) is 6.07 Å². The zero-order valence-corrected chi connectivity index (χ0v) is 12.4. The second-order valence-corrected chi connectivity index (χ2v) is 7.37. The average molecular weight is 310 g/mol. The van der Waals surface area contributed by atoms with Crippen LogP contribution in [0.15, 0.2) is 18.2 Å². The van der Waals surface area contributed by atoms with Gasteiger partial charge >= 0.3 is 0 Å². The SMILES string of the molecule is NS(=O)(=O)C1CCCN(C(=O)c2ccc3c(c2)CCO3)C1. The van der Waals surface area contributed by atoms with Crippen molar-refractivity contribution < 1.29 is 17.9 Å². The lowest BCUT2D eigenvalue weighted by molar-refractivity contribution is 0.0727. The molecule has 1 aromatic rings. The van der Waals surface area contributed by atoms with Gasteiger partial charge in [-0.1, -0.05) is 0 Å². The lowest BCUT2D eigenvalue weighted by atomic mass is 10.1. The second-order valence-electron chi connectivity index (χ2n) is 5.53. The van der Waals surface area contributed by atoms with E-state index in [4.69, 9.17) is 9.88 Å². The van der Waals surface area contributed by atoms with Crippen molar-refractivity contribution >= 4 is 15.9 Å². The molecule has 1 unspecified atom stereocenters. The Morgan fingerprint density at radius 1 is 1.38 bits per heavy atom. The van der Waals surface area contributed by atoms with Gasteiger partial charge in [0.25, 0.3) is 5.91 Å². The Morgan fingerprint density at radius 2 is 2.19 bits per heavy atom.